The second kappa shape index (κ2) is 4.39. The molecule has 2 aliphatic rings. The number of hydrazine groups is 1. The van der Waals surface area contributed by atoms with Crippen molar-refractivity contribution < 1.29 is 9.94 Å². The molecular formula is C13H16N2O2. The van der Waals surface area contributed by atoms with E-state index < -0.39 is 0 Å². The van der Waals surface area contributed by atoms with E-state index in [1.807, 2.05) is 41.6 Å². The summed E-state index contributed by atoms with van der Waals surface area (Å²) >= 11 is 0. The molecule has 0 amide bonds. The van der Waals surface area contributed by atoms with Gasteiger partial charge in [0.05, 0.1) is 12.3 Å². The van der Waals surface area contributed by atoms with Crippen LogP contribution in [0, 0.1) is 0 Å². The third-order valence-corrected chi connectivity index (χ3v) is 3.15. The average molecular weight is 232 g/mol. The van der Waals surface area contributed by atoms with Gasteiger partial charge in [-0.15, -0.1) is 5.17 Å². The Morgan fingerprint density at radius 1 is 1.29 bits per heavy atom. The number of hydroxylamine groups is 1. The lowest BCUT2D eigenvalue weighted by Gasteiger charge is -2.38. The van der Waals surface area contributed by atoms with Gasteiger partial charge in [0, 0.05) is 18.7 Å². The summed E-state index contributed by atoms with van der Waals surface area (Å²) < 4.78 is 0. The predicted molar refractivity (Wildman–Crippen MR) is 64.8 cm³/mol. The third-order valence-electron chi connectivity index (χ3n) is 3.15. The van der Waals surface area contributed by atoms with Gasteiger partial charge in [-0.3, -0.25) is 0 Å². The molecule has 0 spiro atoms. The molecule has 1 fully saturated rings. The van der Waals surface area contributed by atoms with Crippen LogP contribution in [0.2, 0.25) is 0 Å². The number of aliphatic hydroxyl groups is 1. The highest BCUT2D eigenvalue weighted by atomic mass is 16.7. The number of piperidine rings is 1. The lowest BCUT2D eigenvalue weighted by Crippen LogP contribution is -2.49. The Labute approximate surface area is 101 Å². The SMILES string of the molecule is OC1CCCN(N2C=Cc3ccccc3O2)C1. The lowest BCUT2D eigenvalue weighted by atomic mass is 10.1. The van der Waals surface area contributed by atoms with Crippen molar-refractivity contribution in [1.29, 1.82) is 0 Å². The van der Waals surface area contributed by atoms with Crippen molar-refractivity contribution in [3.05, 3.63) is 36.0 Å². The minimum Gasteiger partial charge on any atom is -0.392 e. The summed E-state index contributed by atoms with van der Waals surface area (Å²) in [6.45, 7) is 1.55. The van der Waals surface area contributed by atoms with E-state index in [1.165, 1.54) is 0 Å². The van der Waals surface area contributed by atoms with Crippen LogP contribution in [-0.4, -0.2) is 34.5 Å². The van der Waals surface area contributed by atoms with Crippen molar-refractivity contribution >= 4 is 6.08 Å². The highest BCUT2D eigenvalue weighted by molar-refractivity contribution is 5.58. The molecule has 1 unspecified atom stereocenters. The first kappa shape index (κ1) is 10.6. The van der Waals surface area contributed by atoms with Crippen molar-refractivity contribution in [2.75, 3.05) is 13.1 Å². The van der Waals surface area contributed by atoms with Gasteiger partial charge in [-0.2, -0.15) is 5.01 Å². The summed E-state index contributed by atoms with van der Waals surface area (Å²) in [6, 6.07) is 7.93. The Hall–Kier alpha value is -1.52. The van der Waals surface area contributed by atoms with Gasteiger partial charge in [0.2, 0.25) is 0 Å². The van der Waals surface area contributed by atoms with Crippen molar-refractivity contribution in [3.63, 3.8) is 0 Å². The molecule has 0 radical (unpaired) electrons. The van der Waals surface area contributed by atoms with E-state index in [0.29, 0.717) is 6.54 Å². The number of para-hydroxylation sites is 1. The Morgan fingerprint density at radius 3 is 3.06 bits per heavy atom. The van der Waals surface area contributed by atoms with Gasteiger partial charge in [0.25, 0.3) is 0 Å². The molecule has 1 saturated heterocycles. The number of nitrogens with zero attached hydrogens (tertiary/aromatic N) is 2. The van der Waals surface area contributed by atoms with Crippen LogP contribution >= 0.6 is 0 Å². The number of hydrogen-bond acceptors (Lipinski definition) is 4. The molecule has 4 heteroatoms. The molecule has 2 heterocycles. The minimum absolute atomic E-state index is 0.252. The molecule has 2 aliphatic heterocycles. The van der Waals surface area contributed by atoms with Gasteiger partial charge in [-0.25, -0.2) is 0 Å². The molecule has 0 saturated carbocycles. The molecule has 4 nitrogen and oxygen atoms in total. The minimum atomic E-state index is -0.252. The lowest BCUT2D eigenvalue weighted by molar-refractivity contribution is -0.200. The van der Waals surface area contributed by atoms with Crippen LogP contribution in [0.1, 0.15) is 18.4 Å². The van der Waals surface area contributed by atoms with Crippen LogP contribution in [0.3, 0.4) is 0 Å². The fourth-order valence-electron chi connectivity index (χ4n) is 2.24. The van der Waals surface area contributed by atoms with E-state index in [-0.39, 0.29) is 6.10 Å². The van der Waals surface area contributed by atoms with E-state index in [4.69, 9.17) is 4.84 Å². The second-order valence-electron chi connectivity index (χ2n) is 4.46. The number of fused-ring (bicyclic) bond motifs is 1. The zero-order valence-electron chi connectivity index (χ0n) is 9.62. The number of β-amino-alcohol motifs (C(OH)–C–C–N with tert-alkyl or cyclic N) is 1. The largest absolute Gasteiger partial charge is 0.392 e. The standard InChI is InChI=1S/C13H16N2O2/c16-12-5-3-8-14(10-12)15-9-7-11-4-1-2-6-13(11)17-15/h1-2,4,6-7,9,12,16H,3,5,8,10H2. The summed E-state index contributed by atoms with van der Waals surface area (Å²) in [5, 5.41) is 13.4. The molecular weight excluding hydrogens is 216 g/mol. The van der Waals surface area contributed by atoms with Gasteiger partial charge in [0.15, 0.2) is 5.75 Å². The number of hydrogen-bond donors (Lipinski definition) is 1. The smallest absolute Gasteiger partial charge is 0.164 e. The van der Waals surface area contributed by atoms with Gasteiger partial charge in [-0.05, 0) is 25.0 Å². The fraction of sp³-hybridized carbons (Fsp3) is 0.385. The van der Waals surface area contributed by atoms with Gasteiger partial charge >= 0.3 is 0 Å². The first-order chi connectivity index (χ1) is 8.33. The van der Waals surface area contributed by atoms with E-state index in [2.05, 4.69) is 0 Å². The molecule has 17 heavy (non-hydrogen) atoms. The maximum Gasteiger partial charge on any atom is 0.164 e. The van der Waals surface area contributed by atoms with Crippen LogP contribution in [0.15, 0.2) is 30.5 Å². The summed E-state index contributed by atoms with van der Waals surface area (Å²) in [6.07, 6.45) is 5.55. The van der Waals surface area contributed by atoms with Crippen LogP contribution in [0.5, 0.6) is 5.75 Å². The Bertz CT molecular complexity index is 433. The number of rotatable bonds is 1. The molecule has 90 valence electrons. The molecule has 3 rings (SSSR count). The van der Waals surface area contributed by atoms with E-state index >= 15 is 0 Å². The van der Waals surface area contributed by atoms with E-state index in [9.17, 15) is 5.11 Å². The topological polar surface area (TPSA) is 35.9 Å². The van der Waals surface area contributed by atoms with Gasteiger partial charge in [0.1, 0.15) is 0 Å². The first-order valence-electron chi connectivity index (χ1n) is 6.00. The maximum atomic E-state index is 9.66. The van der Waals surface area contributed by atoms with Gasteiger partial charge in [-0.1, -0.05) is 18.2 Å². The Kier molecular flexibility index (Phi) is 2.74. The summed E-state index contributed by atoms with van der Waals surface area (Å²) in [5.41, 5.74) is 1.08. The molecule has 0 aliphatic carbocycles. The maximum absolute atomic E-state index is 9.66. The Balaban J connectivity index is 1.75. The van der Waals surface area contributed by atoms with Crippen LogP contribution < -0.4 is 4.84 Å². The Morgan fingerprint density at radius 2 is 2.18 bits per heavy atom. The molecule has 1 atom stereocenters. The quantitative estimate of drug-likeness (QED) is 0.798. The zero-order chi connectivity index (χ0) is 11.7. The molecule has 0 aromatic heterocycles. The van der Waals surface area contributed by atoms with Gasteiger partial charge < -0.3 is 9.94 Å². The molecule has 1 N–H and O–H groups in total. The predicted octanol–water partition coefficient (Wildman–Crippen LogP) is 1.64. The van der Waals surface area contributed by atoms with Crippen molar-refractivity contribution in [2.45, 2.75) is 18.9 Å². The van der Waals surface area contributed by atoms with E-state index in [1.54, 1.807) is 5.17 Å². The van der Waals surface area contributed by atoms with Crippen LogP contribution in [0.25, 0.3) is 6.08 Å². The molecule has 0 bridgehead atoms. The monoisotopic (exact) mass is 232 g/mol. The van der Waals surface area contributed by atoms with Crippen molar-refractivity contribution in [3.8, 4) is 5.75 Å². The summed E-state index contributed by atoms with van der Waals surface area (Å²) in [7, 11) is 0. The number of benzene rings is 1. The second-order valence-corrected chi connectivity index (χ2v) is 4.46. The van der Waals surface area contributed by atoms with E-state index in [0.717, 1.165) is 30.7 Å². The average Bonchev–Trinajstić information content (AvgIpc) is 2.38. The van der Waals surface area contributed by atoms with Crippen LogP contribution in [-0.2, 0) is 0 Å². The van der Waals surface area contributed by atoms with Crippen molar-refractivity contribution in [1.82, 2.24) is 10.2 Å². The van der Waals surface area contributed by atoms with Crippen molar-refractivity contribution in [2.24, 2.45) is 0 Å². The number of aliphatic hydroxyl groups excluding tert-OH is 1. The summed E-state index contributed by atoms with van der Waals surface area (Å²) in [4.78, 5) is 5.78. The molecule has 1 aromatic rings. The molecule has 1 aromatic carbocycles. The highest BCUT2D eigenvalue weighted by Crippen LogP contribution is 2.26. The fourth-order valence-corrected chi connectivity index (χ4v) is 2.24. The third kappa shape index (κ3) is 2.14. The summed E-state index contributed by atoms with van der Waals surface area (Å²) in [5.74, 6) is 0.857. The zero-order valence-corrected chi connectivity index (χ0v) is 9.62. The highest BCUT2D eigenvalue weighted by Gasteiger charge is 2.24. The van der Waals surface area contributed by atoms with Crippen LogP contribution in [0.4, 0.5) is 0 Å². The normalized spacial score (nSPS) is 24.3. The first-order valence-corrected chi connectivity index (χ1v) is 6.00.